The minimum atomic E-state index is 0. The number of halogens is 1. The summed E-state index contributed by atoms with van der Waals surface area (Å²) in [5.74, 6) is 1.98. The van der Waals surface area contributed by atoms with Crippen LogP contribution in [0.1, 0.15) is 5.82 Å². The fraction of sp³-hybridized carbons (Fsp3) is 0.333. The smallest absolute Gasteiger partial charge is 0.167 e. The van der Waals surface area contributed by atoms with Crippen LogP contribution in [0.4, 0.5) is 0 Å². The molecule has 1 aromatic heterocycles. The van der Waals surface area contributed by atoms with E-state index in [1.165, 1.54) is 0 Å². The summed E-state index contributed by atoms with van der Waals surface area (Å²) in [6, 6.07) is 7.24. The highest BCUT2D eigenvalue weighted by molar-refractivity contribution is 5.85. The van der Waals surface area contributed by atoms with Crippen LogP contribution < -0.4 is 5.32 Å². The summed E-state index contributed by atoms with van der Waals surface area (Å²) in [6.07, 6.45) is 0.876. The monoisotopic (exact) mass is 266 g/mol. The molecule has 0 fully saturated rings. The normalized spacial score (nSPS) is 14.4. The average molecular weight is 267 g/mol. The molecule has 0 aliphatic carbocycles. The van der Waals surface area contributed by atoms with Crippen LogP contribution in [0.5, 0.6) is 5.75 Å². The van der Waals surface area contributed by atoms with Gasteiger partial charge in [0.25, 0.3) is 0 Å². The first-order valence-electron chi connectivity index (χ1n) is 5.77. The molecule has 1 aromatic carbocycles. The number of fused-ring (bicyclic) bond motifs is 1. The molecule has 0 radical (unpaired) electrons. The molecule has 0 bridgehead atoms. The second-order valence-corrected chi connectivity index (χ2v) is 4.11. The fourth-order valence-corrected chi connectivity index (χ4v) is 2.13. The van der Waals surface area contributed by atoms with Crippen molar-refractivity contribution in [3.8, 4) is 17.1 Å². The van der Waals surface area contributed by atoms with Gasteiger partial charge in [0.15, 0.2) is 5.82 Å². The number of hydrogen-bond donors (Lipinski definition) is 2. The van der Waals surface area contributed by atoms with E-state index < -0.39 is 0 Å². The van der Waals surface area contributed by atoms with Gasteiger partial charge in [-0.1, -0.05) is 12.1 Å². The average Bonchev–Trinajstić information content (AvgIpc) is 2.59. The number of hydrogen-bond acceptors (Lipinski definition) is 4. The Kier molecular flexibility index (Phi) is 3.84. The fourth-order valence-electron chi connectivity index (χ4n) is 2.13. The van der Waals surface area contributed by atoms with Gasteiger partial charge in [-0.15, -0.1) is 22.6 Å². The molecule has 6 heteroatoms. The molecule has 3 rings (SSSR count). The first-order chi connectivity index (χ1) is 8.36. The molecular weight excluding hydrogens is 252 g/mol. The molecule has 96 valence electrons. The number of rotatable bonds is 1. The number of phenolic OH excluding ortho intramolecular Hbond substituents is 1. The lowest BCUT2D eigenvalue weighted by Crippen LogP contribution is -2.17. The van der Waals surface area contributed by atoms with E-state index in [2.05, 4.69) is 20.1 Å². The van der Waals surface area contributed by atoms with E-state index in [-0.39, 0.29) is 18.2 Å². The van der Waals surface area contributed by atoms with Crippen molar-refractivity contribution in [3.63, 3.8) is 0 Å². The Morgan fingerprint density at radius 1 is 1.17 bits per heavy atom. The van der Waals surface area contributed by atoms with Gasteiger partial charge < -0.3 is 15.0 Å². The third kappa shape index (κ3) is 2.19. The van der Waals surface area contributed by atoms with Crippen molar-refractivity contribution in [3.05, 3.63) is 30.1 Å². The third-order valence-electron chi connectivity index (χ3n) is 3.01. The Bertz CT molecular complexity index is 541. The van der Waals surface area contributed by atoms with Gasteiger partial charge in [0.2, 0.25) is 0 Å². The summed E-state index contributed by atoms with van der Waals surface area (Å²) < 4.78 is 2.08. The summed E-state index contributed by atoms with van der Waals surface area (Å²) >= 11 is 0. The second kappa shape index (κ2) is 5.37. The predicted octanol–water partition coefficient (Wildman–Crippen LogP) is 1.22. The summed E-state index contributed by atoms with van der Waals surface area (Å²) in [7, 11) is 0. The van der Waals surface area contributed by atoms with E-state index in [1.807, 2.05) is 12.1 Å². The molecule has 5 nitrogen and oxygen atoms in total. The molecule has 0 saturated heterocycles. The van der Waals surface area contributed by atoms with E-state index >= 15 is 0 Å². The van der Waals surface area contributed by atoms with Crippen LogP contribution in [-0.2, 0) is 13.0 Å². The molecule has 2 N–H and O–H groups in total. The third-order valence-corrected chi connectivity index (χ3v) is 3.01. The molecule has 0 spiro atoms. The SMILES string of the molecule is Cl.Oc1ccccc1-c1nnc2n1CCNCC2. The van der Waals surface area contributed by atoms with Crippen molar-refractivity contribution in [1.29, 1.82) is 0 Å². The van der Waals surface area contributed by atoms with E-state index in [9.17, 15) is 5.11 Å². The molecule has 1 aliphatic heterocycles. The van der Waals surface area contributed by atoms with E-state index in [0.717, 1.165) is 43.3 Å². The maximum absolute atomic E-state index is 9.86. The zero-order valence-corrected chi connectivity index (χ0v) is 10.7. The first kappa shape index (κ1) is 12.9. The molecule has 0 unspecified atom stereocenters. The zero-order valence-electron chi connectivity index (χ0n) is 9.83. The number of nitrogens with one attached hydrogen (secondary N) is 1. The molecular formula is C12H15ClN4O. The maximum Gasteiger partial charge on any atom is 0.167 e. The largest absolute Gasteiger partial charge is 0.507 e. The standard InChI is InChI=1S/C12H14N4O.ClH/c17-10-4-2-1-3-9(10)12-15-14-11-5-6-13-7-8-16(11)12;/h1-4,13,17H,5-8H2;1H. The number of para-hydroxylation sites is 1. The van der Waals surface area contributed by atoms with Crippen molar-refractivity contribution in [2.45, 2.75) is 13.0 Å². The molecule has 2 heterocycles. The van der Waals surface area contributed by atoms with Crippen molar-refractivity contribution in [2.75, 3.05) is 13.1 Å². The Morgan fingerprint density at radius 3 is 2.83 bits per heavy atom. The summed E-state index contributed by atoms with van der Waals surface area (Å²) in [5.41, 5.74) is 0.744. The van der Waals surface area contributed by atoms with Crippen LogP contribution >= 0.6 is 12.4 Å². The van der Waals surface area contributed by atoms with Crippen LogP contribution in [0.25, 0.3) is 11.4 Å². The van der Waals surface area contributed by atoms with Gasteiger partial charge in [0.1, 0.15) is 11.6 Å². The van der Waals surface area contributed by atoms with E-state index in [4.69, 9.17) is 0 Å². The van der Waals surface area contributed by atoms with E-state index in [1.54, 1.807) is 12.1 Å². The van der Waals surface area contributed by atoms with Gasteiger partial charge in [0, 0.05) is 26.1 Å². The first-order valence-corrected chi connectivity index (χ1v) is 5.77. The number of benzene rings is 1. The van der Waals surface area contributed by atoms with Crippen molar-refractivity contribution < 1.29 is 5.11 Å². The van der Waals surface area contributed by atoms with Crippen molar-refractivity contribution in [1.82, 2.24) is 20.1 Å². The van der Waals surface area contributed by atoms with Crippen LogP contribution in [-0.4, -0.2) is 33.0 Å². The quantitative estimate of drug-likeness (QED) is 0.815. The van der Waals surface area contributed by atoms with Gasteiger partial charge >= 0.3 is 0 Å². The predicted molar refractivity (Wildman–Crippen MR) is 70.9 cm³/mol. The van der Waals surface area contributed by atoms with E-state index in [0.29, 0.717) is 0 Å². The molecule has 1 aliphatic rings. The highest BCUT2D eigenvalue weighted by atomic mass is 35.5. The number of aromatic nitrogens is 3. The van der Waals surface area contributed by atoms with Gasteiger partial charge in [-0.2, -0.15) is 0 Å². The zero-order chi connectivity index (χ0) is 11.7. The second-order valence-electron chi connectivity index (χ2n) is 4.11. The Balaban J connectivity index is 0.00000120. The maximum atomic E-state index is 9.86. The molecule has 0 amide bonds. The van der Waals surface area contributed by atoms with Crippen LogP contribution in [0.2, 0.25) is 0 Å². The topological polar surface area (TPSA) is 63.0 Å². The van der Waals surface area contributed by atoms with Gasteiger partial charge in [-0.25, -0.2) is 0 Å². The lowest BCUT2D eigenvalue weighted by molar-refractivity contribution is 0.476. The van der Waals surface area contributed by atoms with Crippen molar-refractivity contribution in [2.24, 2.45) is 0 Å². The Labute approximate surface area is 111 Å². The van der Waals surface area contributed by atoms with Gasteiger partial charge in [-0.3, -0.25) is 0 Å². The minimum absolute atomic E-state index is 0. The molecule has 18 heavy (non-hydrogen) atoms. The Hall–Kier alpha value is -1.59. The lowest BCUT2D eigenvalue weighted by Gasteiger charge is -2.07. The summed E-state index contributed by atoms with van der Waals surface area (Å²) in [6.45, 7) is 2.68. The molecule has 2 aromatic rings. The van der Waals surface area contributed by atoms with Crippen molar-refractivity contribution >= 4 is 12.4 Å². The highest BCUT2D eigenvalue weighted by Gasteiger charge is 2.17. The van der Waals surface area contributed by atoms with Gasteiger partial charge in [0.05, 0.1) is 5.56 Å². The summed E-state index contributed by atoms with van der Waals surface area (Å²) in [5, 5.41) is 21.6. The molecule has 0 atom stereocenters. The minimum Gasteiger partial charge on any atom is -0.507 e. The van der Waals surface area contributed by atoms with Crippen LogP contribution in [0.3, 0.4) is 0 Å². The van der Waals surface area contributed by atoms with Gasteiger partial charge in [-0.05, 0) is 12.1 Å². The lowest BCUT2D eigenvalue weighted by atomic mass is 10.2. The number of aromatic hydroxyl groups is 1. The summed E-state index contributed by atoms with van der Waals surface area (Å²) in [4.78, 5) is 0. The highest BCUT2D eigenvalue weighted by Crippen LogP contribution is 2.27. The molecule has 0 saturated carbocycles. The van der Waals surface area contributed by atoms with Crippen LogP contribution in [0, 0.1) is 0 Å². The number of phenols is 1. The number of nitrogens with zero attached hydrogens (tertiary/aromatic N) is 3. The van der Waals surface area contributed by atoms with Crippen LogP contribution in [0.15, 0.2) is 24.3 Å². The Morgan fingerprint density at radius 2 is 2.00 bits per heavy atom.